The Kier molecular flexibility index (Phi) is 5.20. The molecule has 0 aliphatic carbocycles. The molecule has 0 saturated carbocycles. The first-order chi connectivity index (χ1) is 11.2. The molecule has 0 aliphatic rings. The quantitative estimate of drug-likeness (QED) is 0.581. The largest absolute Gasteiger partial charge is 0.455 e. The average molecular weight is 365 g/mol. The van der Waals surface area contributed by atoms with Crippen LogP contribution >= 0.6 is 34.0 Å². The molecule has 3 aromatic rings. The minimum atomic E-state index is -0.326. The summed E-state index contributed by atoms with van der Waals surface area (Å²) in [6, 6.07) is 3.98. The number of nitrogens with zero attached hydrogens (tertiary/aromatic N) is 2. The monoisotopic (exact) mass is 364 g/mol. The summed E-state index contributed by atoms with van der Waals surface area (Å²) in [6.07, 6.45) is 2.04. The fourth-order valence-electron chi connectivity index (χ4n) is 2.04. The summed E-state index contributed by atoms with van der Waals surface area (Å²) in [6.45, 7) is 4.18. The molecule has 0 saturated heterocycles. The molecule has 0 aliphatic heterocycles. The van der Waals surface area contributed by atoms with E-state index < -0.39 is 0 Å². The lowest BCUT2D eigenvalue weighted by atomic mass is 10.3. The zero-order valence-corrected chi connectivity index (χ0v) is 15.3. The van der Waals surface area contributed by atoms with Crippen molar-refractivity contribution in [3.05, 3.63) is 44.2 Å². The zero-order valence-electron chi connectivity index (χ0n) is 12.9. The number of aryl methyl sites for hydroxylation is 2. The third kappa shape index (κ3) is 3.85. The molecule has 0 bridgehead atoms. The van der Waals surface area contributed by atoms with Crippen molar-refractivity contribution in [2.45, 2.75) is 33.3 Å². The lowest BCUT2D eigenvalue weighted by Crippen LogP contribution is -2.05. The maximum Gasteiger partial charge on any atom is 0.350 e. The van der Waals surface area contributed by atoms with Gasteiger partial charge in [-0.05, 0) is 31.2 Å². The molecular formula is C16H16N2O2S3. The van der Waals surface area contributed by atoms with Gasteiger partial charge in [0.25, 0.3) is 0 Å². The van der Waals surface area contributed by atoms with E-state index in [-0.39, 0.29) is 12.6 Å². The Morgan fingerprint density at radius 2 is 2.17 bits per heavy atom. The summed E-state index contributed by atoms with van der Waals surface area (Å²) in [4.78, 5) is 22.9. The molecule has 3 aromatic heterocycles. The highest BCUT2D eigenvalue weighted by atomic mass is 32.1. The van der Waals surface area contributed by atoms with Crippen molar-refractivity contribution >= 4 is 40.0 Å². The van der Waals surface area contributed by atoms with Crippen molar-refractivity contribution in [3.8, 4) is 9.88 Å². The molecule has 0 atom stereocenters. The van der Waals surface area contributed by atoms with Gasteiger partial charge in [-0.3, -0.25) is 0 Å². The van der Waals surface area contributed by atoms with Crippen molar-refractivity contribution < 1.29 is 9.53 Å². The lowest BCUT2D eigenvalue weighted by Gasteiger charge is -2.00. The molecule has 4 nitrogen and oxygen atoms in total. The van der Waals surface area contributed by atoms with Crippen molar-refractivity contribution in [1.29, 1.82) is 0 Å². The Morgan fingerprint density at radius 3 is 2.91 bits per heavy atom. The van der Waals surface area contributed by atoms with Crippen LogP contribution in [0.5, 0.6) is 0 Å². The lowest BCUT2D eigenvalue weighted by molar-refractivity contribution is 0.0473. The van der Waals surface area contributed by atoms with E-state index in [4.69, 9.17) is 4.74 Å². The van der Waals surface area contributed by atoms with E-state index in [2.05, 4.69) is 16.9 Å². The Bertz CT molecular complexity index is 790. The number of thiophene rings is 1. The van der Waals surface area contributed by atoms with Gasteiger partial charge in [0.1, 0.15) is 16.5 Å². The van der Waals surface area contributed by atoms with E-state index in [9.17, 15) is 4.79 Å². The Morgan fingerprint density at radius 1 is 1.30 bits per heavy atom. The molecule has 0 N–H and O–H groups in total. The molecule has 3 rings (SSSR count). The summed E-state index contributed by atoms with van der Waals surface area (Å²) in [5.41, 5.74) is 1.53. The fourth-order valence-corrected chi connectivity index (χ4v) is 4.68. The normalized spacial score (nSPS) is 10.9. The second kappa shape index (κ2) is 7.33. The van der Waals surface area contributed by atoms with E-state index in [1.54, 1.807) is 22.7 Å². The van der Waals surface area contributed by atoms with Crippen molar-refractivity contribution in [3.63, 3.8) is 0 Å². The van der Waals surface area contributed by atoms with Crippen LogP contribution in [0.4, 0.5) is 0 Å². The van der Waals surface area contributed by atoms with Crippen molar-refractivity contribution in [2.75, 3.05) is 0 Å². The van der Waals surface area contributed by atoms with Crippen molar-refractivity contribution in [1.82, 2.24) is 9.97 Å². The standard InChI is InChI=1S/C16H16N2O2S3/c1-3-5-13-18-11(9-22-13)8-20-16(19)14-10(2)17-15(23-14)12-6-4-7-21-12/h4,6-7,9H,3,5,8H2,1-2H3. The van der Waals surface area contributed by atoms with Crippen LogP contribution in [0, 0.1) is 6.92 Å². The van der Waals surface area contributed by atoms with Crippen LogP contribution in [-0.4, -0.2) is 15.9 Å². The maximum absolute atomic E-state index is 12.3. The van der Waals surface area contributed by atoms with Crippen LogP contribution in [0.3, 0.4) is 0 Å². The van der Waals surface area contributed by atoms with Gasteiger partial charge in [-0.1, -0.05) is 13.0 Å². The highest BCUT2D eigenvalue weighted by molar-refractivity contribution is 7.22. The van der Waals surface area contributed by atoms with Crippen LogP contribution in [0.1, 0.15) is 39.4 Å². The van der Waals surface area contributed by atoms with Gasteiger partial charge in [0.2, 0.25) is 0 Å². The minimum absolute atomic E-state index is 0.213. The molecule has 0 radical (unpaired) electrons. The topological polar surface area (TPSA) is 52.1 Å². The highest BCUT2D eigenvalue weighted by Crippen LogP contribution is 2.31. The molecule has 120 valence electrons. The smallest absolute Gasteiger partial charge is 0.350 e. The van der Waals surface area contributed by atoms with Crippen LogP contribution in [0.2, 0.25) is 0 Å². The van der Waals surface area contributed by atoms with Gasteiger partial charge >= 0.3 is 5.97 Å². The first kappa shape index (κ1) is 16.3. The third-order valence-corrected chi connectivity index (χ3v) is 6.26. The Hall–Kier alpha value is -1.57. The van der Waals surface area contributed by atoms with Gasteiger partial charge in [-0.15, -0.1) is 34.0 Å². The number of carbonyl (C=O) groups excluding carboxylic acids is 1. The summed E-state index contributed by atoms with van der Waals surface area (Å²) in [5, 5.41) is 5.91. The predicted molar refractivity (Wildman–Crippen MR) is 95.4 cm³/mol. The number of thiazole rings is 2. The number of hydrogen-bond acceptors (Lipinski definition) is 7. The first-order valence-corrected chi connectivity index (χ1v) is 9.86. The summed E-state index contributed by atoms with van der Waals surface area (Å²) in [7, 11) is 0. The molecule has 23 heavy (non-hydrogen) atoms. The molecule has 0 amide bonds. The van der Waals surface area contributed by atoms with Gasteiger partial charge in [-0.2, -0.15) is 0 Å². The number of hydrogen-bond donors (Lipinski definition) is 0. The average Bonchev–Trinajstić information content (AvgIpc) is 3.25. The Labute approximate surface area is 146 Å². The van der Waals surface area contributed by atoms with E-state index in [0.717, 1.165) is 33.4 Å². The maximum atomic E-state index is 12.3. The van der Waals surface area contributed by atoms with E-state index in [0.29, 0.717) is 10.6 Å². The van der Waals surface area contributed by atoms with Crippen molar-refractivity contribution in [2.24, 2.45) is 0 Å². The molecule has 0 fully saturated rings. The van der Waals surface area contributed by atoms with Gasteiger partial charge in [-0.25, -0.2) is 14.8 Å². The summed E-state index contributed by atoms with van der Waals surface area (Å²) in [5.74, 6) is -0.326. The molecular weight excluding hydrogens is 348 g/mol. The fraction of sp³-hybridized carbons (Fsp3) is 0.312. The number of aromatic nitrogens is 2. The van der Waals surface area contributed by atoms with Gasteiger partial charge in [0, 0.05) is 5.38 Å². The highest BCUT2D eigenvalue weighted by Gasteiger charge is 2.18. The van der Waals surface area contributed by atoms with Crippen LogP contribution in [-0.2, 0) is 17.8 Å². The second-order valence-corrected chi connectivity index (χ2v) is 7.86. The third-order valence-electron chi connectivity index (χ3n) is 3.13. The zero-order chi connectivity index (χ0) is 16.2. The second-order valence-electron chi connectivity index (χ2n) is 4.97. The Balaban J connectivity index is 1.66. The van der Waals surface area contributed by atoms with Gasteiger partial charge < -0.3 is 4.74 Å². The molecule has 0 unspecified atom stereocenters. The van der Waals surface area contributed by atoms with Crippen LogP contribution in [0.15, 0.2) is 22.9 Å². The number of carbonyl (C=O) groups is 1. The van der Waals surface area contributed by atoms with E-state index in [1.807, 2.05) is 29.8 Å². The van der Waals surface area contributed by atoms with Gasteiger partial charge in [0.15, 0.2) is 0 Å². The SMILES string of the molecule is CCCc1nc(COC(=O)c2sc(-c3cccs3)nc2C)cs1. The summed E-state index contributed by atoms with van der Waals surface area (Å²) < 4.78 is 5.40. The van der Waals surface area contributed by atoms with E-state index >= 15 is 0 Å². The molecule has 7 heteroatoms. The molecule has 3 heterocycles. The van der Waals surface area contributed by atoms with Gasteiger partial charge in [0.05, 0.1) is 21.3 Å². The summed E-state index contributed by atoms with van der Waals surface area (Å²) >= 11 is 4.61. The predicted octanol–water partition coefficient (Wildman–Crippen LogP) is 4.95. The first-order valence-electron chi connectivity index (χ1n) is 7.29. The van der Waals surface area contributed by atoms with Crippen LogP contribution < -0.4 is 0 Å². The molecule has 0 spiro atoms. The number of esters is 1. The van der Waals surface area contributed by atoms with E-state index in [1.165, 1.54) is 11.3 Å². The molecule has 0 aromatic carbocycles. The van der Waals surface area contributed by atoms with Crippen LogP contribution in [0.25, 0.3) is 9.88 Å². The minimum Gasteiger partial charge on any atom is -0.455 e. The number of ether oxygens (including phenoxy) is 1. The number of rotatable bonds is 6.